The number of nitrogens with zero attached hydrogens (tertiary/aromatic N) is 8. The van der Waals surface area contributed by atoms with E-state index in [1.807, 2.05) is 97.7 Å². The minimum absolute atomic E-state index is 0.0528. The van der Waals surface area contributed by atoms with Crippen LogP contribution in [0.15, 0.2) is 86.9 Å². The SMILES string of the molecule is COc1nn2c3c(c(-c4c(C)noc4C)ccc13)OCC2c1ccccn1.Cc1noc(C)c1-c1ccc2c(=O)n(C)n3c2c1OCC3c1ccccn1. The summed E-state index contributed by atoms with van der Waals surface area (Å²) in [7, 11) is 3.41. The highest BCUT2D eigenvalue weighted by molar-refractivity contribution is 5.97. The van der Waals surface area contributed by atoms with Crippen LogP contribution >= 0.6 is 0 Å². The fourth-order valence-electron chi connectivity index (χ4n) is 7.76. The molecule has 0 amide bonds. The van der Waals surface area contributed by atoms with E-state index in [1.165, 1.54) is 0 Å². The number of aryl methyl sites for hydroxylation is 4. The van der Waals surface area contributed by atoms with Crippen LogP contribution in [0, 0.1) is 27.7 Å². The van der Waals surface area contributed by atoms with Crippen LogP contribution in [-0.4, -0.2) is 59.7 Å². The molecule has 10 rings (SSSR count). The number of ether oxygens (including phenoxy) is 3. The first-order valence-electron chi connectivity index (χ1n) is 17.5. The molecule has 0 radical (unpaired) electrons. The van der Waals surface area contributed by atoms with Gasteiger partial charge in [0.1, 0.15) is 47.9 Å². The normalized spacial score (nSPS) is 15.8. The van der Waals surface area contributed by atoms with Gasteiger partial charge in [-0.3, -0.25) is 24.1 Å². The molecule has 8 aromatic rings. The molecule has 2 aliphatic heterocycles. The predicted molar refractivity (Wildman–Crippen MR) is 199 cm³/mol. The van der Waals surface area contributed by atoms with E-state index in [-0.39, 0.29) is 17.6 Å². The largest absolute Gasteiger partial charge is 0.488 e. The van der Waals surface area contributed by atoms with Crippen LogP contribution in [-0.2, 0) is 7.05 Å². The Hall–Kier alpha value is -6.70. The summed E-state index contributed by atoms with van der Waals surface area (Å²) in [5, 5.41) is 14.4. The zero-order valence-electron chi connectivity index (χ0n) is 30.5. The quantitative estimate of drug-likeness (QED) is 0.187. The lowest BCUT2D eigenvalue weighted by atomic mass is 10.00. The second-order valence-corrected chi connectivity index (χ2v) is 13.4. The predicted octanol–water partition coefficient (Wildman–Crippen LogP) is 6.68. The van der Waals surface area contributed by atoms with Crippen molar-refractivity contribution in [3.63, 3.8) is 0 Å². The van der Waals surface area contributed by atoms with Gasteiger partial charge in [0, 0.05) is 30.6 Å². The maximum absolute atomic E-state index is 12.8. The van der Waals surface area contributed by atoms with Crippen molar-refractivity contribution in [3.05, 3.63) is 118 Å². The van der Waals surface area contributed by atoms with E-state index in [1.54, 1.807) is 31.2 Å². The van der Waals surface area contributed by atoms with Crippen molar-refractivity contribution in [3.8, 4) is 39.6 Å². The third kappa shape index (κ3) is 5.00. The molecule has 0 spiro atoms. The summed E-state index contributed by atoms with van der Waals surface area (Å²) < 4.78 is 34.3. The average Bonchev–Trinajstić information content (AvgIpc) is 3.93. The first kappa shape index (κ1) is 33.2. The number of methoxy groups -OCH3 is 1. The van der Waals surface area contributed by atoms with E-state index in [0.717, 1.165) is 78.7 Å². The Balaban J connectivity index is 0.000000142. The Morgan fingerprint density at radius 1 is 0.704 bits per heavy atom. The molecule has 2 atom stereocenters. The minimum Gasteiger partial charge on any atom is -0.488 e. The van der Waals surface area contributed by atoms with Crippen LogP contribution < -0.4 is 19.8 Å². The van der Waals surface area contributed by atoms with Crippen LogP contribution in [0.5, 0.6) is 17.4 Å². The molecule has 54 heavy (non-hydrogen) atoms. The third-order valence-electron chi connectivity index (χ3n) is 10.2. The van der Waals surface area contributed by atoms with Crippen molar-refractivity contribution < 1.29 is 23.3 Å². The maximum Gasteiger partial charge on any atom is 0.274 e. The summed E-state index contributed by atoms with van der Waals surface area (Å²) in [6.07, 6.45) is 3.53. The van der Waals surface area contributed by atoms with Crippen LogP contribution in [0.25, 0.3) is 44.1 Å². The second kappa shape index (κ2) is 12.8. The molecule has 2 aliphatic rings. The molecule has 0 saturated heterocycles. The van der Waals surface area contributed by atoms with E-state index in [9.17, 15) is 4.79 Å². The molecule has 0 fully saturated rings. The second-order valence-electron chi connectivity index (χ2n) is 13.4. The number of hydrogen-bond acceptors (Lipinski definition) is 11. The molecular formula is C40H36N8O6. The van der Waals surface area contributed by atoms with Crippen molar-refractivity contribution in [2.24, 2.45) is 7.05 Å². The van der Waals surface area contributed by atoms with Gasteiger partial charge < -0.3 is 23.3 Å². The molecular weight excluding hydrogens is 688 g/mol. The van der Waals surface area contributed by atoms with Gasteiger partial charge in [0.25, 0.3) is 5.56 Å². The monoisotopic (exact) mass is 724 g/mol. The number of hydrogen-bond donors (Lipinski definition) is 0. The molecule has 2 aromatic carbocycles. The number of rotatable bonds is 5. The van der Waals surface area contributed by atoms with Gasteiger partial charge in [0.05, 0.1) is 51.8 Å². The summed E-state index contributed by atoms with van der Waals surface area (Å²) in [4.78, 5) is 21.8. The summed E-state index contributed by atoms with van der Waals surface area (Å²) in [5.41, 5.74) is 8.70. The van der Waals surface area contributed by atoms with E-state index in [4.69, 9.17) is 28.4 Å². The van der Waals surface area contributed by atoms with Gasteiger partial charge >= 0.3 is 0 Å². The Labute approximate surface area is 308 Å². The molecule has 0 N–H and O–H groups in total. The molecule has 6 aromatic heterocycles. The first-order chi connectivity index (χ1) is 26.3. The molecule has 0 aliphatic carbocycles. The van der Waals surface area contributed by atoms with Crippen molar-refractivity contribution in [2.75, 3.05) is 20.3 Å². The zero-order valence-corrected chi connectivity index (χ0v) is 30.5. The smallest absolute Gasteiger partial charge is 0.274 e. The Morgan fingerprint density at radius 2 is 1.26 bits per heavy atom. The molecule has 8 heterocycles. The van der Waals surface area contributed by atoms with Gasteiger partial charge in [0.2, 0.25) is 5.88 Å². The Bertz CT molecular complexity index is 2720. The first-order valence-corrected chi connectivity index (χ1v) is 17.5. The summed E-state index contributed by atoms with van der Waals surface area (Å²) >= 11 is 0. The number of aromatic nitrogens is 8. The van der Waals surface area contributed by atoms with Crippen molar-refractivity contribution in [1.29, 1.82) is 0 Å². The minimum atomic E-state index is -0.172. The fraction of sp³-hybridized carbons (Fsp3) is 0.250. The van der Waals surface area contributed by atoms with Crippen molar-refractivity contribution in [1.82, 2.24) is 39.4 Å². The van der Waals surface area contributed by atoms with E-state index < -0.39 is 0 Å². The molecule has 0 bridgehead atoms. The Morgan fingerprint density at radius 3 is 1.80 bits per heavy atom. The van der Waals surface area contributed by atoms with E-state index in [0.29, 0.717) is 30.2 Å². The lowest BCUT2D eigenvalue weighted by Crippen LogP contribution is -2.30. The number of benzene rings is 2. The van der Waals surface area contributed by atoms with Crippen LogP contribution in [0.2, 0.25) is 0 Å². The standard InChI is InChI=1S/2C20H18N4O3/c1-11-17(12(2)27-23-11)13-7-8-14-18-19(13)26-10-16(15-6-4-5-9-21-15)24(18)22-20(14)25-3;1-11-17(12(2)27-22-11)13-7-8-14-18-19(13)26-10-16(15-6-4-5-9-21-15)24(18)23(3)20(14)25/h2*4-9,16H,10H2,1-3H3. The van der Waals surface area contributed by atoms with E-state index in [2.05, 4.69) is 20.3 Å². The Kier molecular flexibility index (Phi) is 7.83. The highest BCUT2D eigenvalue weighted by atomic mass is 16.5. The molecule has 14 nitrogen and oxygen atoms in total. The van der Waals surface area contributed by atoms with Crippen molar-refractivity contribution >= 4 is 21.8 Å². The summed E-state index contributed by atoms with van der Waals surface area (Å²) in [5.74, 6) is 3.51. The van der Waals surface area contributed by atoms with Crippen LogP contribution in [0.4, 0.5) is 0 Å². The summed E-state index contributed by atoms with van der Waals surface area (Å²) in [6, 6.07) is 19.1. The van der Waals surface area contributed by atoms with Crippen LogP contribution in [0.1, 0.15) is 46.4 Å². The molecule has 2 unspecified atom stereocenters. The summed E-state index contributed by atoms with van der Waals surface area (Å²) in [6.45, 7) is 8.44. The third-order valence-corrected chi connectivity index (χ3v) is 10.2. The average molecular weight is 725 g/mol. The highest BCUT2D eigenvalue weighted by Gasteiger charge is 2.33. The highest BCUT2D eigenvalue weighted by Crippen LogP contribution is 2.46. The molecule has 0 saturated carbocycles. The fourth-order valence-corrected chi connectivity index (χ4v) is 7.76. The van der Waals surface area contributed by atoms with Crippen LogP contribution in [0.3, 0.4) is 0 Å². The van der Waals surface area contributed by atoms with Gasteiger partial charge in [-0.15, -0.1) is 5.10 Å². The lowest BCUT2D eigenvalue weighted by molar-refractivity contribution is 0.234. The topological polar surface area (TPSA) is 150 Å². The van der Waals surface area contributed by atoms with Gasteiger partial charge in [-0.25, -0.2) is 4.68 Å². The lowest BCUT2D eigenvalue weighted by Gasteiger charge is -2.28. The van der Waals surface area contributed by atoms with Gasteiger partial charge in [-0.2, -0.15) is 0 Å². The van der Waals surface area contributed by atoms with Gasteiger partial charge in [-0.1, -0.05) is 22.4 Å². The van der Waals surface area contributed by atoms with Crippen molar-refractivity contribution in [2.45, 2.75) is 39.8 Å². The zero-order chi connectivity index (χ0) is 37.2. The van der Waals surface area contributed by atoms with Gasteiger partial charge in [-0.05, 0) is 76.2 Å². The molecule has 272 valence electrons. The molecule has 14 heteroatoms. The van der Waals surface area contributed by atoms with Gasteiger partial charge in [0.15, 0.2) is 11.5 Å². The van der Waals surface area contributed by atoms with E-state index >= 15 is 0 Å². The number of pyridine rings is 2. The maximum atomic E-state index is 12.8.